The second-order valence-corrected chi connectivity index (χ2v) is 8.79. The largest absolute Gasteiger partial charge is 0.381 e. The molecule has 156 valence electrons. The van der Waals surface area contributed by atoms with Gasteiger partial charge in [0.05, 0.1) is 10.6 Å². The molecule has 1 amide bonds. The predicted octanol–water partition coefficient (Wildman–Crippen LogP) is 5.07. The Morgan fingerprint density at radius 1 is 1.28 bits per heavy atom. The number of pyridine rings is 1. The number of anilines is 2. The maximum Gasteiger partial charge on any atom is 0.253 e. The lowest BCUT2D eigenvalue weighted by atomic mass is 9.84. The first-order valence-electron chi connectivity index (χ1n) is 9.82. The number of hydrogen-bond donors (Lipinski definition) is 2. The quantitative estimate of drug-likeness (QED) is 0.710. The highest BCUT2D eigenvalue weighted by Crippen LogP contribution is 2.29. The van der Waals surface area contributed by atoms with Crippen LogP contribution < -0.4 is 10.6 Å². The molecule has 2 heterocycles. The lowest BCUT2D eigenvalue weighted by Gasteiger charge is -2.25. The van der Waals surface area contributed by atoms with Crippen molar-refractivity contribution in [2.45, 2.75) is 39.0 Å². The summed E-state index contributed by atoms with van der Waals surface area (Å²) in [6.07, 6.45) is 3.52. The van der Waals surface area contributed by atoms with Crippen LogP contribution in [-0.4, -0.2) is 30.6 Å². The lowest BCUT2D eigenvalue weighted by Crippen LogP contribution is -2.33. The molecule has 1 fully saturated rings. The van der Waals surface area contributed by atoms with E-state index in [0.717, 1.165) is 31.6 Å². The van der Waals surface area contributed by atoms with Gasteiger partial charge in [-0.3, -0.25) is 4.79 Å². The summed E-state index contributed by atoms with van der Waals surface area (Å²) in [5.74, 6) is 0.420. The first kappa shape index (κ1) is 21.5. The number of amides is 1. The molecule has 0 unspecified atom stereocenters. The number of aromatic nitrogens is 1. The van der Waals surface area contributed by atoms with Crippen molar-refractivity contribution in [1.82, 2.24) is 10.3 Å². The standard InChI is InChI=1S/C22H27ClFN3O2/c1-22(2,3)17-11-20(27-15-4-5-19(24)18(23)10-15)25-13-16(17)21(28)26-12-14-6-8-29-9-7-14/h4-5,10-11,13-14H,6-9,12H2,1-3H3,(H,25,27)(H,26,28). The van der Waals surface area contributed by atoms with E-state index in [4.69, 9.17) is 16.3 Å². The molecule has 0 spiro atoms. The fourth-order valence-corrected chi connectivity index (χ4v) is 3.51. The Morgan fingerprint density at radius 2 is 2.00 bits per heavy atom. The molecular formula is C22H27ClFN3O2. The lowest BCUT2D eigenvalue weighted by molar-refractivity contribution is 0.0642. The maximum atomic E-state index is 13.4. The molecule has 1 saturated heterocycles. The number of hydrogen-bond acceptors (Lipinski definition) is 4. The maximum absolute atomic E-state index is 13.4. The number of carbonyl (C=O) groups excluding carboxylic acids is 1. The summed E-state index contributed by atoms with van der Waals surface area (Å²) in [6.45, 7) is 8.30. The zero-order valence-electron chi connectivity index (χ0n) is 17.0. The van der Waals surface area contributed by atoms with E-state index < -0.39 is 5.82 Å². The third kappa shape index (κ3) is 5.67. The summed E-state index contributed by atoms with van der Waals surface area (Å²) in [5.41, 5.74) is 1.81. The molecule has 3 rings (SSSR count). The highest BCUT2D eigenvalue weighted by molar-refractivity contribution is 6.31. The van der Waals surface area contributed by atoms with Gasteiger partial charge in [0.1, 0.15) is 11.6 Å². The highest BCUT2D eigenvalue weighted by atomic mass is 35.5. The summed E-state index contributed by atoms with van der Waals surface area (Å²) < 4.78 is 18.8. The fourth-order valence-electron chi connectivity index (χ4n) is 3.33. The Morgan fingerprint density at radius 3 is 2.66 bits per heavy atom. The van der Waals surface area contributed by atoms with E-state index in [1.165, 1.54) is 12.1 Å². The summed E-state index contributed by atoms with van der Waals surface area (Å²) in [7, 11) is 0. The number of nitrogens with one attached hydrogen (secondary N) is 2. The number of benzene rings is 1. The van der Waals surface area contributed by atoms with Gasteiger partial charge in [-0.1, -0.05) is 32.4 Å². The van der Waals surface area contributed by atoms with E-state index in [1.807, 2.05) is 6.07 Å². The van der Waals surface area contributed by atoms with Gasteiger partial charge < -0.3 is 15.4 Å². The van der Waals surface area contributed by atoms with Crippen LogP contribution in [0.15, 0.2) is 30.5 Å². The molecule has 1 aromatic carbocycles. The molecule has 5 nitrogen and oxygen atoms in total. The van der Waals surface area contributed by atoms with Gasteiger partial charge in [-0.15, -0.1) is 0 Å². The molecule has 7 heteroatoms. The van der Waals surface area contributed by atoms with Crippen LogP contribution in [0.4, 0.5) is 15.9 Å². The Labute approximate surface area is 176 Å². The van der Waals surface area contributed by atoms with Crippen molar-refractivity contribution in [1.29, 1.82) is 0 Å². The molecule has 29 heavy (non-hydrogen) atoms. The Hall–Kier alpha value is -2.18. The molecule has 1 aliphatic rings. The number of nitrogens with zero attached hydrogens (tertiary/aromatic N) is 1. The Kier molecular flexibility index (Phi) is 6.75. The van der Waals surface area contributed by atoms with Crippen molar-refractivity contribution in [3.05, 3.63) is 52.4 Å². The van der Waals surface area contributed by atoms with Gasteiger partial charge in [0.2, 0.25) is 0 Å². The SMILES string of the molecule is CC(C)(C)c1cc(Nc2ccc(F)c(Cl)c2)ncc1C(=O)NCC1CCOCC1. The number of carbonyl (C=O) groups is 1. The van der Waals surface area contributed by atoms with Crippen LogP contribution in [0, 0.1) is 11.7 Å². The van der Waals surface area contributed by atoms with E-state index in [-0.39, 0.29) is 16.3 Å². The fraction of sp³-hybridized carbons (Fsp3) is 0.455. The number of ether oxygens (including phenoxy) is 1. The van der Waals surface area contributed by atoms with Gasteiger partial charge in [-0.2, -0.15) is 0 Å². The van der Waals surface area contributed by atoms with Crippen molar-refractivity contribution in [2.24, 2.45) is 5.92 Å². The average molecular weight is 420 g/mol. The van der Waals surface area contributed by atoms with Gasteiger partial charge in [0.15, 0.2) is 0 Å². The van der Waals surface area contributed by atoms with E-state index in [2.05, 4.69) is 36.4 Å². The zero-order valence-corrected chi connectivity index (χ0v) is 17.8. The average Bonchev–Trinajstić information content (AvgIpc) is 2.69. The molecule has 2 aromatic rings. The van der Waals surface area contributed by atoms with Crippen LogP contribution in [-0.2, 0) is 10.2 Å². The summed E-state index contributed by atoms with van der Waals surface area (Å²) in [6, 6.07) is 6.26. The van der Waals surface area contributed by atoms with Crippen molar-refractivity contribution in [3.63, 3.8) is 0 Å². The van der Waals surface area contributed by atoms with Crippen LogP contribution in [0.2, 0.25) is 5.02 Å². The molecule has 1 aromatic heterocycles. The normalized spacial score (nSPS) is 15.2. The van der Waals surface area contributed by atoms with Crippen molar-refractivity contribution in [3.8, 4) is 0 Å². The molecule has 0 aliphatic carbocycles. The van der Waals surface area contributed by atoms with Crippen molar-refractivity contribution in [2.75, 3.05) is 25.1 Å². The Bertz CT molecular complexity index is 877. The topological polar surface area (TPSA) is 63.2 Å². The van der Waals surface area contributed by atoms with E-state index in [9.17, 15) is 9.18 Å². The zero-order chi connectivity index (χ0) is 21.0. The van der Waals surface area contributed by atoms with E-state index in [0.29, 0.717) is 29.5 Å². The highest BCUT2D eigenvalue weighted by Gasteiger charge is 2.24. The molecule has 0 atom stereocenters. The molecule has 0 radical (unpaired) electrons. The minimum atomic E-state index is -0.475. The van der Waals surface area contributed by atoms with Crippen molar-refractivity contribution < 1.29 is 13.9 Å². The summed E-state index contributed by atoms with van der Waals surface area (Å²) >= 11 is 5.85. The van der Waals surface area contributed by atoms with E-state index in [1.54, 1.807) is 12.3 Å². The number of rotatable bonds is 5. The first-order chi connectivity index (χ1) is 13.7. The second-order valence-electron chi connectivity index (χ2n) is 8.38. The van der Waals surface area contributed by atoms with E-state index >= 15 is 0 Å². The minimum absolute atomic E-state index is 0.0372. The van der Waals surface area contributed by atoms with Gasteiger partial charge in [-0.05, 0) is 54.0 Å². The van der Waals surface area contributed by atoms with Gasteiger partial charge in [0.25, 0.3) is 5.91 Å². The monoisotopic (exact) mass is 419 g/mol. The summed E-state index contributed by atoms with van der Waals surface area (Å²) in [4.78, 5) is 17.2. The third-order valence-corrected chi connectivity index (χ3v) is 5.33. The minimum Gasteiger partial charge on any atom is -0.381 e. The predicted molar refractivity (Wildman–Crippen MR) is 114 cm³/mol. The van der Waals surface area contributed by atoms with Gasteiger partial charge in [-0.25, -0.2) is 9.37 Å². The molecular weight excluding hydrogens is 393 g/mol. The van der Waals surface area contributed by atoms with Crippen molar-refractivity contribution >= 4 is 29.0 Å². The molecule has 0 bridgehead atoms. The molecule has 0 saturated carbocycles. The third-order valence-electron chi connectivity index (χ3n) is 5.04. The van der Waals surface area contributed by atoms with Gasteiger partial charge >= 0.3 is 0 Å². The van der Waals surface area contributed by atoms with Crippen LogP contribution >= 0.6 is 11.6 Å². The molecule has 2 N–H and O–H groups in total. The molecule has 1 aliphatic heterocycles. The van der Waals surface area contributed by atoms with Crippen LogP contribution in [0.1, 0.15) is 49.5 Å². The van der Waals surface area contributed by atoms with Crippen LogP contribution in [0.5, 0.6) is 0 Å². The summed E-state index contributed by atoms with van der Waals surface area (Å²) in [5, 5.41) is 6.21. The smallest absolute Gasteiger partial charge is 0.253 e. The second kappa shape index (κ2) is 9.09. The Balaban J connectivity index is 1.78. The van der Waals surface area contributed by atoms with Crippen LogP contribution in [0.25, 0.3) is 0 Å². The first-order valence-corrected chi connectivity index (χ1v) is 10.2. The van der Waals surface area contributed by atoms with Gasteiger partial charge in [0, 0.05) is 31.6 Å². The van der Waals surface area contributed by atoms with Crippen LogP contribution in [0.3, 0.4) is 0 Å². The number of halogens is 2.